The van der Waals surface area contributed by atoms with E-state index in [-0.39, 0.29) is 17.6 Å². The molecule has 1 fully saturated rings. The molecule has 1 amide bonds. The minimum Gasteiger partial charge on any atom is -0.387 e. The summed E-state index contributed by atoms with van der Waals surface area (Å²) in [5, 5.41) is 24.6. The number of anilines is 1. The van der Waals surface area contributed by atoms with Crippen LogP contribution in [0, 0.1) is 0 Å². The zero-order valence-corrected chi connectivity index (χ0v) is 17.7. The molecule has 0 bridgehead atoms. The van der Waals surface area contributed by atoms with Crippen LogP contribution in [-0.4, -0.2) is 54.0 Å². The van der Waals surface area contributed by atoms with Crippen molar-refractivity contribution in [1.29, 1.82) is 0 Å². The lowest BCUT2D eigenvalue weighted by Crippen LogP contribution is -2.34. The number of carbonyl (C=O) groups is 1. The Morgan fingerprint density at radius 1 is 1.23 bits per heavy atom. The summed E-state index contributed by atoms with van der Waals surface area (Å²) >= 11 is 5.96. The minimum absolute atomic E-state index is 0.207. The maximum absolute atomic E-state index is 12.0. The average Bonchev–Trinajstić information content (AvgIpc) is 3.30. The van der Waals surface area contributed by atoms with Crippen LogP contribution in [0.4, 0.5) is 5.82 Å². The van der Waals surface area contributed by atoms with E-state index in [1.165, 1.54) is 17.2 Å². The third-order valence-corrected chi connectivity index (χ3v) is 5.67. The Morgan fingerprint density at radius 3 is 2.61 bits per heavy atom. The van der Waals surface area contributed by atoms with E-state index < -0.39 is 24.5 Å². The van der Waals surface area contributed by atoms with E-state index in [0.29, 0.717) is 21.8 Å². The normalized spacial score (nSPS) is 24.3. The van der Waals surface area contributed by atoms with Crippen LogP contribution in [0.1, 0.15) is 31.6 Å². The second-order valence-corrected chi connectivity index (χ2v) is 8.03. The molecular weight excluding hydrogens is 422 g/mol. The fourth-order valence-corrected chi connectivity index (χ4v) is 3.75. The molecule has 0 saturated carbocycles. The molecule has 3 aromatic rings. The standard InChI is InChI=1S/C21H22ClN5O4/c1-10(2)20(30)26-18-14-19(24-8-23-18)27(9-25-14)21-16(29)15(28)17(31-21)11(3)12-4-6-13(22)7-5-12/h4-9,11,15-17,21,28-29H,1H2,2-3H3,(H,23,24,26,30)/t11-,15-,16+,17+,21+/m0/s1. The molecule has 1 aliphatic heterocycles. The van der Waals surface area contributed by atoms with Gasteiger partial charge in [0, 0.05) is 16.5 Å². The van der Waals surface area contributed by atoms with Crippen LogP contribution in [0.2, 0.25) is 5.02 Å². The molecule has 5 atom stereocenters. The van der Waals surface area contributed by atoms with E-state index in [1.807, 2.05) is 19.1 Å². The second kappa shape index (κ2) is 8.35. The zero-order valence-electron chi connectivity index (χ0n) is 16.9. The van der Waals surface area contributed by atoms with E-state index in [9.17, 15) is 15.0 Å². The fourth-order valence-electron chi connectivity index (χ4n) is 3.63. The predicted molar refractivity (Wildman–Crippen MR) is 115 cm³/mol. The van der Waals surface area contributed by atoms with Crippen molar-refractivity contribution in [3.63, 3.8) is 0 Å². The highest BCUT2D eigenvalue weighted by molar-refractivity contribution is 6.30. The Kier molecular flexibility index (Phi) is 5.76. The van der Waals surface area contributed by atoms with Crippen molar-refractivity contribution < 1.29 is 19.7 Å². The molecule has 4 rings (SSSR count). The first-order chi connectivity index (χ1) is 14.8. The molecule has 162 valence electrons. The zero-order chi connectivity index (χ0) is 22.3. The van der Waals surface area contributed by atoms with Crippen molar-refractivity contribution in [2.24, 2.45) is 0 Å². The molecule has 0 unspecified atom stereocenters. The SMILES string of the molecule is C=C(C)C(=O)Nc1ncnc2c1ncn2[C@@H]1O[C@H]([C@@H](C)c2ccc(Cl)cc2)[C@@H](O)[C@H]1O. The number of aliphatic hydroxyl groups excluding tert-OH is 2. The highest BCUT2D eigenvalue weighted by Gasteiger charge is 2.46. The molecule has 2 aromatic heterocycles. The fraction of sp³-hybridized carbons (Fsp3) is 0.333. The first-order valence-corrected chi connectivity index (χ1v) is 10.1. The summed E-state index contributed by atoms with van der Waals surface area (Å²) in [6.45, 7) is 7.09. The lowest BCUT2D eigenvalue weighted by molar-refractivity contribution is -0.112. The third kappa shape index (κ3) is 3.92. The molecule has 9 nitrogen and oxygen atoms in total. The monoisotopic (exact) mass is 443 g/mol. The lowest BCUT2D eigenvalue weighted by Gasteiger charge is -2.22. The summed E-state index contributed by atoms with van der Waals surface area (Å²) in [7, 11) is 0. The van der Waals surface area contributed by atoms with E-state index in [4.69, 9.17) is 16.3 Å². The number of aliphatic hydroxyl groups is 2. The smallest absolute Gasteiger partial charge is 0.251 e. The number of hydrogen-bond acceptors (Lipinski definition) is 7. The van der Waals surface area contributed by atoms with E-state index >= 15 is 0 Å². The molecule has 3 N–H and O–H groups in total. The number of hydrogen-bond donors (Lipinski definition) is 3. The number of rotatable bonds is 5. The Morgan fingerprint density at radius 2 is 1.94 bits per heavy atom. The van der Waals surface area contributed by atoms with E-state index in [2.05, 4.69) is 26.8 Å². The number of carbonyl (C=O) groups excluding carboxylic acids is 1. The van der Waals surface area contributed by atoms with Gasteiger partial charge in [0.2, 0.25) is 0 Å². The van der Waals surface area contributed by atoms with E-state index in [0.717, 1.165) is 5.56 Å². The number of imidazole rings is 1. The van der Waals surface area contributed by atoms with Crippen molar-refractivity contribution in [1.82, 2.24) is 19.5 Å². The number of nitrogens with one attached hydrogen (secondary N) is 1. The number of aromatic nitrogens is 4. The maximum Gasteiger partial charge on any atom is 0.251 e. The van der Waals surface area contributed by atoms with Crippen molar-refractivity contribution >= 4 is 34.5 Å². The van der Waals surface area contributed by atoms with Gasteiger partial charge in [0.15, 0.2) is 23.2 Å². The van der Waals surface area contributed by atoms with Gasteiger partial charge >= 0.3 is 0 Å². The van der Waals surface area contributed by atoms with Gasteiger partial charge in [-0.25, -0.2) is 15.0 Å². The number of ether oxygens (including phenoxy) is 1. The average molecular weight is 444 g/mol. The summed E-state index contributed by atoms with van der Waals surface area (Å²) in [6.07, 6.45) is -1.20. The van der Waals surface area contributed by atoms with Crippen LogP contribution in [-0.2, 0) is 9.53 Å². The number of fused-ring (bicyclic) bond motifs is 1. The van der Waals surface area contributed by atoms with Gasteiger partial charge in [-0.05, 0) is 24.6 Å². The topological polar surface area (TPSA) is 122 Å². The molecule has 0 radical (unpaired) electrons. The van der Waals surface area contributed by atoms with Gasteiger partial charge in [0.05, 0.1) is 12.4 Å². The van der Waals surface area contributed by atoms with Gasteiger partial charge in [0.25, 0.3) is 5.91 Å². The van der Waals surface area contributed by atoms with Gasteiger partial charge in [-0.2, -0.15) is 0 Å². The molecule has 31 heavy (non-hydrogen) atoms. The van der Waals surface area contributed by atoms with Crippen LogP contribution in [0.15, 0.2) is 49.1 Å². The minimum atomic E-state index is -1.21. The highest BCUT2D eigenvalue weighted by atomic mass is 35.5. The molecule has 0 spiro atoms. The van der Waals surface area contributed by atoms with Crippen molar-refractivity contribution in [3.8, 4) is 0 Å². The second-order valence-electron chi connectivity index (χ2n) is 7.59. The van der Waals surface area contributed by atoms with Crippen LogP contribution in [0.25, 0.3) is 11.2 Å². The third-order valence-electron chi connectivity index (χ3n) is 5.42. The summed E-state index contributed by atoms with van der Waals surface area (Å²) in [4.78, 5) is 24.5. The molecule has 1 aromatic carbocycles. The Balaban J connectivity index is 1.63. The quantitative estimate of drug-likeness (QED) is 0.517. The molecule has 3 heterocycles. The van der Waals surface area contributed by atoms with Gasteiger partial charge in [0.1, 0.15) is 18.5 Å². The van der Waals surface area contributed by atoms with Crippen LogP contribution in [0.3, 0.4) is 0 Å². The molecule has 1 aliphatic rings. The van der Waals surface area contributed by atoms with Gasteiger partial charge < -0.3 is 20.3 Å². The highest BCUT2D eigenvalue weighted by Crippen LogP contribution is 2.38. The summed E-state index contributed by atoms with van der Waals surface area (Å²) < 4.78 is 7.60. The molecule has 1 saturated heterocycles. The largest absolute Gasteiger partial charge is 0.387 e. The van der Waals surface area contributed by atoms with Gasteiger partial charge in [-0.15, -0.1) is 0 Å². The lowest BCUT2D eigenvalue weighted by atomic mass is 9.91. The van der Waals surface area contributed by atoms with Crippen molar-refractivity contribution in [3.05, 3.63) is 59.7 Å². The number of amides is 1. The predicted octanol–water partition coefficient (Wildman–Crippen LogP) is 2.42. The Bertz CT molecular complexity index is 1130. The number of halogens is 1. The first kappa shape index (κ1) is 21.4. The summed E-state index contributed by atoms with van der Waals surface area (Å²) in [5.74, 6) is -0.378. The van der Waals surface area contributed by atoms with Crippen molar-refractivity contribution in [2.45, 2.75) is 44.3 Å². The van der Waals surface area contributed by atoms with Crippen LogP contribution >= 0.6 is 11.6 Å². The summed E-state index contributed by atoms with van der Waals surface area (Å²) in [6, 6.07) is 7.26. The van der Waals surface area contributed by atoms with Gasteiger partial charge in [-0.1, -0.05) is 37.2 Å². The van der Waals surface area contributed by atoms with Crippen LogP contribution < -0.4 is 5.32 Å². The number of nitrogens with zero attached hydrogens (tertiary/aromatic N) is 4. The van der Waals surface area contributed by atoms with Crippen molar-refractivity contribution in [2.75, 3.05) is 5.32 Å². The number of benzene rings is 1. The van der Waals surface area contributed by atoms with Gasteiger partial charge in [-0.3, -0.25) is 9.36 Å². The maximum atomic E-state index is 12.0. The van der Waals surface area contributed by atoms with E-state index in [1.54, 1.807) is 19.1 Å². The Hall–Kier alpha value is -2.85. The molecular formula is C21H22ClN5O4. The molecule has 10 heteroatoms. The molecule has 0 aliphatic carbocycles. The Labute approximate surface area is 183 Å². The first-order valence-electron chi connectivity index (χ1n) is 9.69. The summed E-state index contributed by atoms with van der Waals surface area (Å²) in [5.41, 5.74) is 1.92. The van der Waals surface area contributed by atoms with Crippen LogP contribution in [0.5, 0.6) is 0 Å².